The highest BCUT2D eigenvalue weighted by atomic mass is 16.5. The molecule has 4 heteroatoms. The molecule has 0 bridgehead atoms. The summed E-state index contributed by atoms with van der Waals surface area (Å²) in [6.45, 7) is 3.06. The first kappa shape index (κ1) is 12.7. The average molecular weight is 240 g/mol. The molecule has 2 saturated carbocycles. The van der Waals surface area contributed by atoms with Crippen molar-refractivity contribution in [3.63, 3.8) is 0 Å². The van der Waals surface area contributed by atoms with Crippen molar-refractivity contribution in [1.29, 1.82) is 0 Å². The van der Waals surface area contributed by atoms with Crippen LogP contribution in [-0.4, -0.2) is 23.8 Å². The minimum atomic E-state index is 0.174. The van der Waals surface area contributed by atoms with Crippen molar-refractivity contribution in [1.82, 2.24) is 0 Å². The Labute approximate surface area is 103 Å². The third-order valence-electron chi connectivity index (χ3n) is 4.28. The van der Waals surface area contributed by atoms with Gasteiger partial charge in [0.1, 0.15) is 5.84 Å². The summed E-state index contributed by atoms with van der Waals surface area (Å²) in [6, 6.07) is 0. The van der Waals surface area contributed by atoms with Gasteiger partial charge in [0.15, 0.2) is 0 Å². The SMILES string of the molecule is CC1CCCCC1OCC1(CC(N)=NO)CC1. The van der Waals surface area contributed by atoms with Crippen LogP contribution in [-0.2, 0) is 4.74 Å². The second kappa shape index (κ2) is 5.25. The zero-order valence-electron chi connectivity index (χ0n) is 10.7. The van der Waals surface area contributed by atoms with Crippen LogP contribution in [0.2, 0.25) is 0 Å². The minimum absolute atomic E-state index is 0.174. The van der Waals surface area contributed by atoms with Crippen molar-refractivity contribution in [3.05, 3.63) is 0 Å². The fourth-order valence-corrected chi connectivity index (χ4v) is 2.78. The van der Waals surface area contributed by atoms with Crippen molar-refractivity contribution in [2.24, 2.45) is 22.2 Å². The minimum Gasteiger partial charge on any atom is -0.409 e. The molecule has 2 aliphatic rings. The normalized spacial score (nSPS) is 32.4. The summed E-state index contributed by atoms with van der Waals surface area (Å²) >= 11 is 0. The summed E-state index contributed by atoms with van der Waals surface area (Å²) in [6.07, 6.45) is 8.50. The van der Waals surface area contributed by atoms with Crippen LogP contribution in [0.3, 0.4) is 0 Å². The van der Waals surface area contributed by atoms with Crippen LogP contribution in [0.1, 0.15) is 51.9 Å². The molecule has 2 fully saturated rings. The van der Waals surface area contributed by atoms with Crippen molar-refractivity contribution < 1.29 is 9.94 Å². The summed E-state index contributed by atoms with van der Waals surface area (Å²) in [5.41, 5.74) is 5.75. The maximum atomic E-state index is 8.61. The molecule has 0 aromatic rings. The van der Waals surface area contributed by atoms with Gasteiger partial charge < -0.3 is 15.7 Å². The third-order valence-corrected chi connectivity index (χ3v) is 4.28. The monoisotopic (exact) mass is 240 g/mol. The Hall–Kier alpha value is -0.770. The van der Waals surface area contributed by atoms with Crippen molar-refractivity contribution >= 4 is 5.84 Å². The third kappa shape index (κ3) is 3.35. The topological polar surface area (TPSA) is 67.8 Å². The molecule has 2 rings (SSSR count). The predicted octanol–water partition coefficient (Wildman–Crippen LogP) is 2.50. The van der Waals surface area contributed by atoms with E-state index in [1.165, 1.54) is 25.7 Å². The highest BCUT2D eigenvalue weighted by Crippen LogP contribution is 2.49. The Bertz CT molecular complexity index is 287. The van der Waals surface area contributed by atoms with Crippen LogP contribution < -0.4 is 5.73 Å². The number of ether oxygens (including phenoxy) is 1. The van der Waals surface area contributed by atoms with Crippen LogP contribution >= 0.6 is 0 Å². The van der Waals surface area contributed by atoms with E-state index >= 15 is 0 Å². The fourth-order valence-electron chi connectivity index (χ4n) is 2.78. The van der Waals surface area contributed by atoms with Gasteiger partial charge in [-0.25, -0.2) is 0 Å². The number of hydrogen-bond acceptors (Lipinski definition) is 3. The predicted molar refractivity (Wildman–Crippen MR) is 67.1 cm³/mol. The highest BCUT2D eigenvalue weighted by Gasteiger charge is 2.44. The second-order valence-corrected chi connectivity index (χ2v) is 5.88. The Kier molecular flexibility index (Phi) is 3.92. The van der Waals surface area contributed by atoms with E-state index in [9.17, 15) is 0 Å². The smallest absolute Gasteiger partial charge is 0.139 e. The van der Waals surface area contributed by atoms with E-state index < -0.39 is 0 Å². The van der Waals surface area contributed by atoms with E-state index in [4.69, 9.17) is 15.7 Å². The molecule has 98 valence electrons. The van der Waals surface area contributed by atoms with Gasteiger partial charge >= 0.3 is 0 Å². The summed E-state index contributed by atoms with van der Waals surface area (Å²) in [7, 11) is 0. The first-order valence-electron chi connectivity index (χ1n) is 6.73. The molecule has 0 aromatic heterocycles. The number of nitrogens with zero attached hydrogens (tertiary/aromatic N) is 1. The van der Waals surface area contributed by atoms with E-state index in [0.717, 1.165) is 19.4 Å². The van der Waals surface area contributed by atoms with Crippen LogP contribution in [0.5, 0.6) is 0 Å². The molecule has 0 spiro atoms. The first-order valence-corrected chi connectivity index (χ1v) is 6.73. The molecule has 0 aromatic carbocycles. The molecule has 2 unspecified atom stereocenters. The van der Waals surface area contributed by atoms with E-state index in [-0.39, 0.29) is 5.41 Å². The maximum Gasteiger partial charge on any atom is 0.139 e. The van der Waals surface area contributed by atoms with Gasteiger partial charge in [0.25, 0.3) is 0 Å². The van der Waals surface area contributed by atoms with Crippen LogP contribution in [0.25, 0.3) is 0 Å². The van der Waals surface area contributed by atoms with Gasteiger partial charge in [-0.2, -0.15) is 0 Å². The van der Waals surface area contributed by atoms with Crippen LogP contribution in [0.15, 0.2) is 5.16 Å². The molecule has 0 aliphatic heterocycles. The van der Waals surface area contributed by atoms with E-state index in [1.807, 2.05) is 0 Å². The van der Waals surface area contributed by atoms with E-state index in [1.54, 1.807) is 0 Å². The lowest BCUT2D eigenvalue weighted by molar-refractivity contribution is -0.0258. The number of hydrogen-bond donors (Lipinski definition) is 2. The number of rotatable bonds is 5. The Morgan fingerprint density at radius 2 is 2.12 bits per heavy atom. The second-order valence-electron chi connectivity index (χ2n) is 5.88. The van der Waals surface area contributed by atoms with Gasteiger partial charge in [-0.15, -0.1) is 0 Å². The molecular weight excluding hydrogens is 216 g/mol. The molecule has 0 radical (unpaired) electrons. The lowest BCUT2D eigenvalue weighted by atomic mass is 9.88. The highest BCUT2D eigenvalue weighted by molar-refractivity contribution is 5.80. The zero-order chi connectivity index (χ0) is 12.3. The zero-order valence-corrected chi connectivity index (χ0v) is 10.7. The van der Waals surface area contributed by atoms with Gasteiger partial charge in [0.05, 0.1) is 12.7 Å². The molecule has 4 nitrogen and oxygen atoms in total. The van der Waals surface area contributed by atoms with Gasteiger partial charge in [0, 0.05) is 11.8 Å². The summed E-state index contributed by atoms with van der Waals surface area (Å²) < 4.78 is 6.08. The van der Waals surface area contributed by atoms with Crippen LogP contribution in [0, 0.1) is 11.3 Å². The summed E-state index contributed by atoms with van der Waals surface area (Å²) in [5.74, 6) is 1.02. The van der Waals surface area contributed by atoms with Gasteiger partial charge in [0.2, 0.25) is 0 Å². The molecule has 0 amide bonds. The fraction of sp³-hybridized carbons (Fsp3) is 0.923. The standard InChI is InChI=1S/C13H24N2O2/c1-10-4-2-3-5-11(10)17-9-13(6-7-13)8-12(14)15-16/h10-11,16H,2-9H2,1H3,(H2,14,15). The first-order chi connectivity index (χ1) is 8.15. The maximum absolute atomic E-state index is 8.61. The van der Waals surface area contributed by atoms with Crippen molar-refractivity contribution in [2.75, 3.05) is 6.61 Å². The van der Waals surface area contributed by atoms with Crippen molar-refractivity contribution in [2.45, 2.75) is 58.0 Å². The lowest BCUT2D eigenvalue weighted by Gasteiger charge is -2.30. The summed E-state index contributed by atoms with van der Waals surface area (Å²) in [4.78, 5) is 0. The number of nitrogens with two attached hydrogens (primary N) is 1. The molecule has 2 aliphatic carbocycles. The van der Waals surface area contributed by atoms with E-state index in [0.29, 0.717) is 24.3 Å². The van der Waals surface area contributed by atoms with Crippen molar-refractivity contribution in [3.8, 4) is 0 Å². The Morgan fingerprint density at radius 1 is 1.41 bits per heavy atom. The average Bonchev–Trinajstić information content (AvgIpc) is 3.08. The molecule has 0 heterocycles. The number of oxime groups is 1. The summed E-state index contributed by atoms with van der Waals surface area (Å²) in [5, 5.41) is 11.7. The lowest BCUT2D eigenvalue weighted by Crippen LogP contribution is -2.29. The molecular formula is C13H24N2O2. The number of amidine groups is 1. The van der Waals surface area contributed by atoms with Gasteiger partial charge in [-0.1, -0.05) is 24.9 Å². The van der Waals surface area contributed by atoms with E-state index in [2.05, 4.69) is 12.1 Å². The Balaban J connectivity index is 1.77. The van der Waals surface area contributed by atoms with Gasteiger partial charge in [-0.3, -0.25) is 0 Å². The van der Waals surface area contributed by atoms with Gasteiger partial charge in [-0.05, 0) is 31.6 Å². The Morgan fingerprint density at radius 3 is 2.71 bits per heavy atom. The molecule has 17 heavy (non-hydrogen) atoms. The molecule has 3 N–H and O–H groups in total. The molecule has 2 atom stereocenters. The largest absolute Gasteiger partial charge is 0.409 e. The van der Waals surface area contributed by atoms with Crippen LogP contribution in [0.4, 0.5) is 0 Å². The molecule has 0 saturated heterocycles. The quantitative estimate of drug-likeness (QED) is 0.336.